The van der Waals surface area contributed by atoms with Crippen molar-refractivity contribution in [1.29, 1.82) is 5.26 Å². The Bertz CT molecular complexity index is 1840. The van der Waals surface area contributed by atoms with Gasteiger partial charge in [-0.25, -0.2) is 24.9 Å². The molecule has 0 amide bonds. The zero-order chi connectivity index (χ0) is 34.5. The number of nitrogen functional groups attached to an aromatic ring is 1. The second-order valence-electron chi connectivity index (χ2n) is 11.0. The van der Waals surface area contributed by atoms with Gasteiger partial charge in [0, 0.05) is 44.1 Å². The first-order chi connectivity index (χ1) is 23.4. The van der Waals surface area contributed by atoms with Gasteiger partial charge < -0.3 is 5.73 Å². The Morgan fingerprint density at radius 2 is 1.92 bits per heavy atom. The van der Waals surface area contributed by atoms with Gasteiger partial charge in [0.15, 0.2) is 11.5 Å². The van der Waals surface area contributed by atoms with E-state index in [1.807, 2.05) is 51.1 Å². The predicted octanol–water partition coefficient (Wildman–Crippen LogP) is 6.57. The molecular formula is C37H45N11. The van der Waals surface area contributed by atoms with Crippen LogP contribution in [0.25, 0.3) is 33.8 Å². The molecule has 1 atom stereocenters. The summed E-state index contributed by atoms with van der Waals surface area (Å²) in [6.45, 7) is 17.5. The molecule has 4 aromatic rings. The van der Waals surface area contributed by atoms with E-state index in [2.05, 4.69) is 97.4 Å². The first-order valence-electron chi connectivity index (χ1n) is 16.4. The van der Waals surface area contributed by atoms with Gasteiger partial charge in [-0.3, -0.25) is 19.4 Å². The van der Waals surface area contributed by atoms with E-state index in [0.717, 1.165) is 66.3 Å². The summed E-state index contributed by atoms with van der Waals surface area (Å²) in [6, 6.07) is 18.7. The fourth-order valence-electron chi connectivity index (χ4n) is 5.52. The minimum Gasteiger partial charge on any atom is -0.383 e. The highest BCUT2D eigenvalue weighted by atomic mass is 15.3. The molecule has 11 heteroatoms. The van der Waals surface area contributed by atoms with Crippen LogP contribution in [0.4, 0.5) is 5.82 Å². The van der Waals surface area contributed by atoms with E-state index in [0.29, 0.717) is 18.3 Å². The molecule has 0 saturated carbocycles. The van der Waals surface area contributed by atoms with E-state index in [1.54, 1.807) is 6.20 Å². The number of nitrogens with two attached hydrogens (primary N) is 1. The molecule has 11 nitrogen and oxygen atoms in total. The van der Waals surface area contributed by atoms with Crippen LogP contribution in [-0.2, 0) is 6.54 Å². The zero-order valence-electron chi connectivity index (χ0n) is 28.6. The van der Waals surface area contributed by atoms with Gasteiger partial charge in [-0.1, -0.05) is 51.1 Å². The number of nitrogens with zero attached hydrogens (tertiary/aromatic N) is 10. The van der Waals surface area contributed by atoms with Crippen molar-refractivity contribution in [1.82, 2.24) is 29.3 Å². The van der Waals surface area contributed by atoms with Crippen molar-refractivity contribution < 1.29 is 0 Å². The Balaban J connectivity index is 0.00000255. The Kier molecular flexibility index (Phi) is 13.0. The van der Waals surface area contributed by atoms with Crippen LogP contribution in [0.2, 0.25) is 0 Å². The molecule has 1 aliphatic heterocycles. The van der Waals surface area contributed by atoms with Crippen LogP contribution < -0.4 is 5.73 Å². The quantitative estimate of drug-likeness (QED) is 0.117. The number of allylic oxidation sites excluding steroid dienone is 4. The van der Waals surface area contributed by atoms with Crippen LogP contribution in [0.15, 0.2) is 87.9 Å². The lowest BCUT2D eigenvalue weighted by Crippen LogP contribution is -2.51. The maximum atomic E-state index is 9.24. The molecule has 4 heterocycles. The number of benzene rings is 1. The molecular weight excluding hydrogens is 598 g/mol. The Hall–Kier alpha value is -5.31. The molecule has 1 saturated heterocycles. The monoisotopic (exact) mass is 643 g/mol. The van der Waals surface area contributed by atoms with Crippen LogP contribution in [-0.4, -0.2) is 80.6 Å². The average Bonchev–Trinajstić information content (AvgIpc) is 3.49. The number of aliphatic imine (C=N–C) groups is 3. The maximum Gasteiger partial charge on any atom is 0.230 e. The van der Waals surface area contributed by atoms with Gasteiger partial charge in [0.2, 0.25) is 5.84 Å². The fourth-order valence-corrected chi connectivity index (χ4v) is 5.52. The van der Waals surface area contributed by atoms with Crippen molar-refractivity contribution >= 4 is 41.4 Å². The number of rotatable bonds is 10. The van der Waals surface area contributed by atoms with E-state index in [-0.39, 0.29) is 11.9 Å². The molecule has 0 bridgehead atoms. The molecule has 248 valence electrons. The number of pyridine rings is 2. The van der Waals surface area contributed by atoms with Crippen molar-refractivity contribution in [3.05, 3.63) is 84.2 Å². The van der Waals surface area contributed by atoms with E-state index >= 15 is 0 Å². The number of aromatic nitrogens is 4. The highest BCUT2D eigenvalue weighted by Gasteiger charge is 2.24. The lowest BCUT2D eigenvalue weighted by molar-refractivity contribution is 0.0816. The number of amidine groups is 1. The minimum atomic E-state index is 0.101. The van der Waals surface area contributed by atoms with Crippen LogP contribution in [0.1, 0.15) is 52.3 Å². The smallest absolute Gasteiger partial charge is 0.230 e. The van der Waals surface area contributed by atoms with E-state index in [1.165, 1.54) is 11.9 Å². The predicted molar refractivity (Wildman–Crippen MR) is 198 cm³/mol. The van der Waals surface area contributed by atoms with E-state index in [9.17, 15) is 5.26 Å². The third-order valence-electron chi connectivity index (χ3n) is 7.94. The van der Waals surface area contributed by atoms with Crippen LogP contribution >= 0.6 is 0 Å². The van der Waals surface area contributed by atoms with Crippen molar-refractivity contribution in [2.75, 3.05) is 32.0 Å². The van der Waals surface area contributed by atoms with Crippen molar-refractivity contribution in [3.8, 4) is 23.1 Å². The third-order valence-corrected chi connectivity index (χ3v) is 7.94. The molecule has 0 aliphatic carbocycles. The van der Waals surface area contributed by atoms with Crippen LogP contribution in [0, 0.1) is 11.3 Å². The minimum absolute atomic E-state index is 0.101. The molecule has 48 heavy (non-hydrogen) atoms. The number of nitriles is 1. The highest BCUT2D eigenvalue weighted by Crippen LogP contribution is 2.31. The Labute approximate surface area is 283 Å². The number of hydrogen-bond donors (Lipinski definition) is 1. The Morgan fingerprint density at radius 3 is 2.58 bits per heavy atom. The van der Waals surface area contributed by atoms with E-state index < -0.39 is 0 Å². The topological polar surface area (TPSA) is 137 Å². The number of imidazole rings is 1. The standard InChI is InChI=1S/C35H39N11.C2H6/c1-5-7-9-27(6-2)30-15-16-31-35(42-30)46(34(43-31)29-10-8-17-39-33(29)37)28-13-11-26(12-14-28)22-44-18-19-45(25(3)21-44)24-41-32(20-36)40-23-38-4;1-2/h6-17,23,25H,4-5,18-19,21-22,24H2,1-3H3,(H2,37,39);1-2H3/b9-7-,27-6+,40-23?,41-32-;. The molecule has 1 unspecified atom stereocenters. The van der Waals surface area contributed by atoms with Gasteiger partial charge in [-0.15, -0.1) is 0 Å². The van der Waals surface area contributed by atoms with Gasteiger partial charge in [0.05, 0.1) is 17.9 Å². The summed E-state index contributed by atoms with van der Waals surface area (Å²) in [5.41, 5.74) is 12.7. The summed E-state index contributed by atoms with van der Waals surface area (Å²) >= 11 is 0. The molecule has 0 radical (unpaired) electrons. The van der Waals surface area contributed by atoms with Crippen molar-refractivity contribution in [2.24, 2.45) is 15.0 Å². The number of anilines is 1. The van der Waals surface area contributed by atoms with E-state index in [4.69, 9.17) is 15.7 Å². The number of piperazine rings is 1. The molecule has 1 aromatic carbocycles. The van der Waals surface area contributed by atoms with Gasteiger partial charge >= 0.3 is 0 Å². The first-order valence-corrected chi connectivity index (χ1v) is 16.4. The van der Waals surface area contributed by atoms with Gasteiger partial charge in [0.25, 0.3) is 0 Å². The summed E-state index contributed by atoms with van der Waals surface area (Å²) in [6.07, 6.45) is 10.2. The third kappa shape index (κ3) is 8.53. The summed E-state index contributed by atoms with van der Waals surface area (Å²) in [5, 5.41) is 9.24. The molecule has 2 N–H and O–H groups in total. The first kappa shape index (κ1) is 35.5. The molecule has 1 aliphatic rings. The largest absolute Gasteiger partial charge is 0.383 e. The van der Waals surface area contributed by atoms with Crippen molar-refractivity contribution in [2.45, 2.75) is 53.6 Å². The van der Waals surface area contributed by atoms with Crippen LogP contribution in [0.3, 0.4) is 0 Å². The summed E-state index contributed by atoms with van der Waals surface area (Å²) in [7, 11) is 0. The fraction of sp³-hybridized carbons (Fsp3) is 0.324. The molecule has 3 aromatic heterocycles. The zero-order valence-corrected chi connectivity index (χ0v) is 28.6. The number of fused-ring (bicyclic) bond motifs is 1. The normalized spacial score (nSPS) is 16.3. The average molecular weight is 644 g/mol. The Morgan fingerprint density at radius 1 is 1.12 bits per heavy atom. The lowest BCUT2D eigenvalue weighted by Gasteiger charge is -2.39. The van der Waals surface area contributed by atoms with Crippen molar-refractivity contribution in [3.63, 3.8) is 0 Å². The summed E-state index contributed by atoms with van der Waals surface area (Å²) < 4.78 is 2.07. The highest BCUT2D eigenvalue weighted by molar-refractivity contribution is 6.01. The van der Waals surface area contributed by atoms with Crippen LogP contribution in [0.5, 0.6) is 0 Å². The second kappa shape index (κ2) is 17.6. The number of hydrogen-bond acceptors (Lipinski definition) is 8. The van der Waals surface area contributed by atoms with Gasteiger partial charge in [0.1, 0.15) is 23.7 Å². The summed E-state index contributed by atoms with van der Waals surface area (Å²) in [4.78, 5) is 30.9. The molecule has 0 spiro atoms. The lowest BCUT2D eigenvalue weighted by atomic mass is 10.1. The molecule has 5 rings (SSSR count). The maximum absolute atomic E-state index is 9.24. The summed E-state index contributed by atoms with van der Waals surface area (Å²) in [5.74, 6) is 1.21. The van der Waals surface area contributed by atoms with Gasteiger partial charge in [-0.05, 0) is 74.5 Å². The molecule has 1 fully saturated rings. The second-order valence-corrected chi connectivity index (χ2v) is 11.0. The van der Waals surface area contributed by atoms with Gasteiger partial charge in [-0.2, -0.15) is 5.26 Å². The SMILES string of the molecule is C=NC=N/C(C#N)=N\CN1CCN(Cc2ccc(-n3c(-c4cccnc4N)nc4ccc(C(/C=C\CC)=C/C)nc43)cc2)CC1C.CC.